The first-order chi connectivity index (χ1) is 13.3. The zero-order chi connectivity index (χ0) is 20.1. The molecule has 0 saturated carbocycles. The summed E-state index contributed by atoms with van der Waals surface area (Å²) in [6.07, 6.45) is 0.127. The summed E-state index contributed by atoms with van der Waals surface area (Å²) < 4.78 is 5.56. The molecule has 6 nitrogen and oxygen atoms in total. The number of halogens is 1. The normalized spacial score (nSPS) is 14.3. The zero-order valence-corrected chi connectivity index (χ0v) is 16.5. The molecule has 0 aliphatic carbocycles. The van der Waals surface area contributed by atoms with Crippen LogP contribution in [0.4, 0.5) is 0 Å². The van der Waals surface area contributed by atoms with E-state index >= 15 is 0 Å². The predicted octanol–water partition coefficient (Wildman–Crippen LogP) is 3.58. The molecule has 0 radical (unpaired) electrons. The Kier molecular flexibility index (Phi) is 6.11. The van der Waals surface area contributed by atoms with Crippen molar-refractivity contribution in [2.45, 2.75) is 31.8 Å². The van der Waals surface area contributed by atoms with Crippen LogP contribution in [-0.4, -0.2) is 27.8 Å². The van der Waals surface area contributed by atoms with E-state index in [1.165, 1.54) is 0 Å². The fourth-order valence-corrected chi connectivity index (χ4v) is 3.05. The van der Waals surface area contributed by atoms with Gasteiger partial charge in [0.1, 0.15) is 5.60 Å². The smallest absolute Gasteiger partial charge is 0.224 e. The Balaban J connectivity index is 1.69. The van der Waals surface area contributed by atoms with E-state index in [0.717, 1.165) is 5.56 Å². The molecule has 1 amide bonds. The zero-order valence-electron chi connectivity index (χ0n) is 15.7. The number of carbonyl (C=O) groups is 1. The molecule has 7 heteroatoms. The summed E-state index contributed by atoms with van der Waals surface area (Å²) in [5.41, 5.74) is 0.360. The molecule has 1 heterocycles. The van der Waals surface area contributed by atoms with Gasteiger partial charge in [0.15, 0.2) is 0 Å². The average molecular weight is 400 g/mol. The number of carbonyl (C=O) groups excluding carboxylic acids is 1. The Labute approximate surface area is 168 Å². The number of nitrogens with zero attached hydrogens (tertiary/aromatic N) is 2. The number of rotatable bonds is 7. The Bertz CT molecular complexity index is 924. The molecular formula is C21H22ClN3O3. The fraction of sp³-hybridized carbons (Fsp3) is 0.286. The highest BCUT2D eigenvalue weighted by molar-refractivity contribution is 6.30. The molecule has 0 spiro atoms. The summed E-state index contributed by atoms with van der Waals surface area (Å²) in [6.45, 7) is 3.42. The lowest BCUT2D eigenvalue weighted by Gasteiger charge is -2.25. The lowest BCUT2D eigenvalue weighted by atomic mass is 9.94. The molecule has 2 N–H and O–H groups in total. The third kappa shape index (κ3) is 4.97. The van der Waals surface area contributed by atoms with Crippen molar-refractivity contribution < 1.29 is 14.3 Å². The second kappa shape index (κ2) is 8.54. The molecule has 2 aromatic carbocycles. The van der Waals surface area contributed by atoms with Crippen LogP contribution >= 0.6 is 11.6 Å². The summed E-state index contributed by atoms with van der Waals surface area (Å²) in [5.74, 6) is 0.257. The molecule has 3 aromatic rings. The van der Waals surface area contributed by atoms with E-state index in [4.69, 9.17) is 16.0 Å². The Morgan fingerprint density at radius 3 is 2.46 bits per heavy atom. The highest BCUT2D eigenvalue weighted by Crippen LogP contribution is 2.27. The van der Waals surface area contributed by atoms with Crippen LogP contribution in [-0.2, 0) is 10.4 Å². The van der Waals surface area contributed by atoms with Gasteiger partial charge < -0.3 is 14.8 Å². The number of aryl methyl sites for hydroxylation is 1. The van der Waals surface area contributed by atoms with Crippen LogP contribution in [0.25, 0.3) is 0 Å². The van der Waals surface area contributed by atoms with Crippen molar-refractivity contribution in [3.05, 3.63) is 82.5 Å². The van der Waals surface area contributed by atoms with E-state index in [2.05, 4.69) is 15.5 Å². The van der Waals surface area contributed by atoms with E-state index in [0.29, 0.717) is 22.4 Å². The number of nitrogens with one attached hydrogen (secondary N) is 1. The topological polar surface area (TPSA) is 88.2 Å². The van der Waals surface area contributed by atoms with E-state index < -0.39 is 5.60 Å². The lowest BCUT2D eigenvalue weighted by molar-refractivity contribution is -0.122. The molecule has 0 saturated heterocycles. The van der Waals surface area contributed by atoms with Crippen molar-refractivity contribution in [3.8, 4) is 0 Å². The van der Waals surface area contributed by atoms with Gasteiger partial charge in [0.25, 0.3) is 0 Å². The Morgan fingerprint density at radius 1 is 1.18 bits per heavy atom. The molecule has 0 aliphatic rings. The van der Waals surface area contributed by atoms with Crippen LogP contribution in [0.1, 0.15) is 42.2 Å². The minimum Gasteiger partial charge on any atom is -0.425 e. The van der Waals surface area contributed by atoms with E-state index in [-0.39, 0.29) is 24.8 Å². The highest BCUT2D eigenvalue weighted by atomic mass is 35.5. The van der Waals surface area contributed by atoms with E-state index in [1.54, 1.807) is 38.1 Å². The third-order valence-electron chi connectivity index (χ3n) is 4.53. The fourth-order valence-electron chi connectivity index (χ4n) is 2.93. The molecule has 0 fully saturated rings. The van der Waals surface area contributed by atoms with Crippen LogP contribution < -0.4 is 5.32 Å². The van der Waals surface area contributed by atoms with Crippen LogP contribution in [0, 0.1) is 6.92 Å². The van der Waals surface area contributed by atoms with Crippen molar-refractivity contribution in [1.29, 1.82) is 0 Å². The number of aromatic nitrogens is 2. The number of aliphatic hydroxyl groups is 1. The van der Waals surface area contributed by atoms with Gasteiger partial charge in [0.05, 0.1) is 12.5 Å². The van der Waals surface area contributed by atoms with Gasteiger partial charge in [-0.25, -0.2) is 0 Å². The van der Waals surface area contributed by atoms with Gasteiger partial charge in [-0.3, -0.25) is 4.79 Å². The first-order valence-electron chi connectivity index (χ1n) is 8.95. The average Bonchev–Trinajstić information content (AvgIpc) is 3.11. The van der Waals surface area contributed by atoms with Crippen LogP contribution in [0.15, 0.2) is 59.0 Å². The maximum atomic E-state index is 12.6. The first-order valence-corrected chi connectivity index (χ1v) is 9.33. The minimum absolute atomic E-state index is 0.0673. The molecule has 2 atom stereocenters. The third-order valence-corrected chi connectivity index (χ3v) is 4.78. The van der Waals surface area contributed by atoms with Crippen molar-refractivity contribution in [3.63, 3.8) is 0 Å². The van der Waals surface area contributed by atoms with Crippen molar-refractivity contribution in [2.75, 3.05) is 6.54 Å². The largest absolute Gasteiger partial charge is 0.425 e. The standard InChI is InChI=1S/C21H22ClN3O3/c1-14-24-25-20(28-14)18(15-6-4-3-5-7-15)12-19(26)23-13-21(2,27)16-8-10-17(22)11-9-16/h3-11,18,27H,12-13H2,1-2H3,(H,23,26). The van der Waals surface area contributed by atoms with Gasteiger partial charge in [-0.1, -0.05) is 54.1 Å². The predicted molar refractivity (Wildman–Crippen MR) is 106 cm³/mol. The summed E-state index contributed by atoms with van der Waals surface area (Å²) in [5, 5.41) is 22.0. The van der Waals surface area contributed by atoms with Gasteiger partial charge in [-0.05, 0) is 30.2 Å². The maximum Gasteiger partial charge on any atom is 0.224 e. The summed E-state index contributed by atoms with van der Waals surface area (Å²) >= 11 is 5.89. The van der Waals surface area contributed by atoms with E-state index in [9.17, 15) is 9.90 Å². The molecule has 28 heavy (non-hydrogen) atoms. The number of hydrogen-bond acceptors (Lipinski definition) is 5. The van der Waals surface area contributed by atoms with Gasteiger partial charge in [0, 0.05) is 18.4 Å². The van der Waals surface area contributed by atoms with Crippen LogP contribution in [0.5, 0.6) is 0 Å². The van der Waals surface area contributed by atoms with Crippen LogP contribution in [0.2, 0.25) is 5.02 Å². The molecule has 0 aliphatic heterocycles. The Hall–Kier alpha value is -2.70. The SMILES string of the molecule is Cc1nnc(C(CC(=O)NCC(C)(O)c2ccc(Cl)cc2)c2ccccc2)o1. The Morgan fingerprint density at radius 2 is 1.86 bits per heavy atom. The van der Waals surface area contributed by atoms with Gasteiger partial charge >= 0.3 is 0 Å². The monoisotopic (exact) mass is 399 g/mol. The van der Waals surface area contributed by atoms with Crippen molar-refractivity contribution in [2.24, 2.45) is 0 Å². The lowest BCUT2D eigenvalue weighted by Crippen LogP contribution is -2.39. The van der Waals surface area contributed by atoms with Crippen molar-refractivity contribution in [1.82, 2.24) is 15.5 Å². The minimum atomic E-state index is -1.22. The van der Waals surface area contributed by atoms with Gasteiger partial charge in [-0.15, -0.1) is 10.2 Å². The number of amides is 1. The second-order valence-corrected chi connectivity index (χ2v) is 7.32. The molecule has 1 aromatic heterocycles. The molecule has 2 unspecified atom stereocenters. The van der Waals surface area contributed by atoms with Crippen LogP contribution in [0.3, 0.4) is 0 Å². The first kappa shape index (κ1) is 20.0. The molecule has 146 valence electrons. The van der Waals surface area contributed by atoms with E-state index in [1.807, 2.05) is 30.3 Å². The molecule has 0 bridgehead atoms. The number of benzene rings is 2. The molecule has 3 rings (SSSR count). The summed E-state index contributed by atoms with van der Waals surface area (Å²) in [6, 6.07) is 16.4. The maximum absolute atomic E-state index is 12.6. The quantitative estimate of drug-likeness (QED) is 0.634. The summed E-state index contributed by atoms with van der Waals surface area (Å²) in [4.78, 5) is 12.6. The molecular weight excluding hydrogens is 378 g/mol. The van der Waals surface area contributed by atoms with Crippen molar-refractivity contribution >= 4 is 17.5 Å². The van der Waals surface area contributed by atoms with Gasteiger partial charge in [-0.2, -0.15) is 0 Å². The highest BCUT2D eigenvalue weighted by Gasteiger charge is 2.27. The number of hydrogen-bond donors (Lipinski definition) is 2. The second-order valence-electron chi connectivity index (χ2n) is 6.88. The van der Waals surface area contributed by atoms with Gasteiger partial charge in [0.2, 0.25) is 17.7 Å². The summed E-state index contributed by atoms with van der Waals surface area (Å²) in [7, 11) is 0.